The van der Waals surface area contributed by atoms with Crippen LogP contribution in [0.3, 0.4) is 0 Å². The molecule has 3 heterocycles. The first-order valence-corrected chi connectivity index (χ1v) is 13.0. The maximum atomic E-state index is 12.7. The lowest BCUT2D eigenvalue weighted by Crippen LogP contribution is -2.37. The maximum absolute atomic E-state index is 12.7. The molecule has 8 heteroatoms. The largest absolute Gasteiger partial charge is 0.361 e. The van der Waals surface area contributed by atoms with Crippen molar-refractivity contribution < 1.29 is 14.1 Å². The first kappa shape index (κ1) is 26.9. The van der Waals surface area contributed by atoms with Crippen LogP contribution in [-0.4, -0.2) is 47.5 Å². The smallest absolute Gasteiger partial charge is 0.273 e. The van der Waals surface area contributed by atoms with E-state index < -0.39 is 0 Å². The summed E-state index contributed by atoms with van der Waals surface area (Å²) >= 11 is 5.93. The average molecular weight is 523 g/mol. The lowest BCUT2D eigenvalue weighted by Gasteiger charge is -2.26. The molecule has 5 rings (SSSR count). The summed E-state index contributed by atoms with van der Waals surface area (Å²) < 4.78 is 5.36. The molecule has 2 aliphatic rings. The number of likely N-dealkylation sites (tertiary alicyclic amines) is 1. The van der Waals surface area contributed by atoms with Gasteiger partial charge in [0.2, 0.25) is 5.91 Å². The quantitative estimate of drug-likeness (QED) is 0.436. The van der Waals surface area contributed by atoms with E-state index in [0.717, 1.165) is 37.3 Å². The number of aromatic nitrogens is 1. The predicted octanol–water partition coefficient (Wildman–Crippen LogP) is 5.27. The minimum absolute atomic E-state index is 0. The summed E-state index contributed by atoms with van der Waals surface area (Å²) in [5, 5.41) is 7.57. The molecule has 0 spiro atoms. The molecule has 0 bridgehead atoms. The van der Waals surface area contributed by atoms with Gasteiger partial charge in [-0.2, -0.15) is 0 Å². The Bertz CT molecular complexity index is 1190. The number of carbonyl (C=O) groups is 2. The van der Waals surface area contributed by atoms with Crippen LogP contribution in [0.5, 0.6) is 0 Å². The summed E-state index contributed by atoms with van der Waals surface area (Å²) in [7, 11) is 0. The number of nitrogens with zero attached hydrogens (tertiary/aromatic N) is 3. The number of carbonyl (C=O) groups excluding carboxylic acids is 2. The molecular weight excluding hydrogens is 488 g/mol. The van der Waals surface area contributed by atoms with E-state index in [2.05, 4.69) is 27.5 Å². The Morgan fingerprint density at radius 2 is 1.70 bits per heavy atom. The molecule has 0 aliphatic carbocycles. The number of piperidine rings is 1. The van der Waals surface area contributed by atoms with Crippen molar-refractivity contribution in [1.82, 2.24) is 15.4 Å². The van der Waals surface area contributed by atoms with E-state index in [1.165, 1.54) is 24.8 Å². The van der Waals surface area contributed by atoms with Crippen molar-refractivity contribution in [3.63, 3.8) is 0 Å². The van der Waals surface area contributed by atoms with Gasteiger partial charge in [0.25, 0.3) is 5.91 Å². The van der Waals surface area contributed by atoms with Gasteiger partial charge in [-0.25, -0.2) is 0 Å². The third kappa shape index (κ3) is 6.99. The lowest BCUT2D eigenvalue weighted by molar-refractivity contribution is -0.117. The van der Waals surface area contributed by atoms with E-state index in [1.807, 2.05) is 36.4 Å². The number of halogens is 1. The molecule has 0 radical (unpaired) electrons. The molecule has 2 saturated heterocycles. The number of amides is 2. The van der Waals surface area contributed by atoms with Gasteiger partial charge in [0.05, 0.1) is 6.04 Å². The summed E-state index contributed by atoms with van der Waals surface area (Å²) in [5.74, 6) is 0.324. The number of hydrogen-bond donors (Lipinski definition) is 1. The minimum atomic E-state index is -0.326. The van der Waals surface area contributed by atoms with Crippen molar-refractivity contribution in [1.29, 1.82) is 0 Å². The number of benzene rings is 2. The Morgan fingerprint density at radius 3 is 2.43 bits per heavy atom. The lowest BCUT2D eigenvalue weighted by atomic mass is 10.1. The number of aryl methyl sites for hydroxylation is 2. The molecule has 0 saturated carbocycles. The van der Waals surface area contributed by atoms with Gasteiger partial charge in [0.15, 0.2) is 5.69 Å². The van der Waals surface area contributed by atoms with Crippen LogP contribution in [0.1, 0.15) is 60.5 Å². The molecule has 37 heavy (non-hydrogen) atoms. The number of anilines is 1. The zero-order chi connectivity index (χ0) is 24.9. The normalized spacial score (nSPS) is 18.0. The van der Waals surface area contributed by atoms with Gasteiger partial charge in [0.1, 0.15) is 5.76 Å². The third-order valence-electron chi connectivity index (χ3n) is 6.93. The summed E-state index contributed by atoms with van der Waals surface area (Å²) in [6.45, 7) is 3.70. The Morgan fingerprint density at radius 1 is 1.00 bits per heavy atom. The van der Waals surface area contributed by atoms with Crippen LogP contribution in [0, 0.1) is 0 Å². The van der Waals surface area contributed by atoms with Gasteiger partial charge < -0.3 is 14.7 Å². The molecule has 1 aromatic heterocycles. The van der Waals surface area contributed by atoms with Crippen LogP contribution < -0.4 is 10.2 Å². The zero-order valence-electron chi connectivity index (χ0n) is 20.3. The highest BCUT2D eigenvalue weighted by atomic mass is 35.5. The fourth-order valence-corrected chi connectivity index (χ4v) is 5.05. The summed E-state index contributed by atoms with van der Waals surface area (Å²) in [6, 6.07) is 17.3. The Kier molecular flexibility index (Phi) is 9.00. The van der Waals surface area contributed by atoms with E-state index in [-0.39, 0.29) is 37.4 Å². The van der Waals surface area contributed by atoms with Gasteiger partial charge in [-0.15, -0.1) is 0 Å². The minimum Gasteiger partial charge on any atom is -0.361 e. The number of rotatable bonds is 8. The van der Waals surface area contributed by atoms with Crippen molar-refractivity contribution in [3.05, 3.63) is 82.2 Å². The van der Waals surface area contributed by atoms with E-state index in [4.69, 9.17) is 16.1 Å². The fraction of sp³-hybridized carbons (Fsp3) is 0.414. The van der Waals surface area contributed by atoms with Gasteiger partial charge in [-0.1, -0.05) is 54.9 Å². The van der Waals surface area contributed by atoms with Crippen LogP contribution in [0.25, 0.3) is 0 Å². The molecule has 1 atom stereocenters. The van der Waals surface area contributed by atoms with Crippen molar-refractivity contribution in [2.24, 2.45) is 0 Å². The number of hydrogen-bond acceptors (Lipinski definition) is 5. The Labute approximate surface area is 223 Å². The Hall–Kier alpha value is -3.16. The van der Waals surface area contributed by atoms with Crippen LogP contribution in [0.15, 0.2) is 59.1 Å². The summed E-state index contributed by atoms with van der Waals surface area (Å²) in [6.07, 6.45) is 5.52. The van der Waals surface area contributed by atoms with Gasteiger partial charge in [0, 0.05) is 42.7 Å². The van der Waals surface area contributed by atoms with Gasteiger partial charge >= 0.3 is 0 Å². The third-order valence-corrected chi connectivity index (χ3v) is 7.18. The molecule has 2 aliphatic heterocycles. The first-order valence-electron chi connectivity index (χ1n) is 12.7. The Balaban J connectivity index is 0.00000320. The summed E-state index contributed by atoms with van der Waals surface area (Å²) in [5.41, 5.74) is 3.49. The highest BCUT2D eigenvalue weighted by Gasteiger charge is 2.32. The second kappa shape index (κ2) is 12.4. The van der Waals surface area contributed by atoms with E-state index in [0.29, 0.717) is 23.7 Å². The average Bonchev–Trinajstić information content (AvgIpc) is 3.51. The van der Waals surface area contributed by atoms with Crippen molar-refractivity contribution in [3.8, 4) is 0 Å². The molecule has 0 unspecified atom stereocenters. The van der Waals surface area contributed by atoms with Crippen molar-refractivity contribution in [2.75, 3.05) is 24.5 Å². The standard InChI is InChI=1S/C28H31ClN4O3.CH4/c29-22-9-4-20(5-10-22)8-13-25-17-26(31-36-25)28(35)30-23-16-27(34)33(19-23)24-11-6-21(7-12-24)18-32-14-2-1-3-15-32;/h4-7,9-12,17,23H,1-3,8,13-16,18-19H2,(H,30,35);1H4/t23-;/m1./s1. The fourth-order valence-electron chi connectivity index (χ4n) is 4.93. The molecule has 2 fully saturated rings. The highest BCUT2D eigenvalue weighted by molar-refractivity contribution is 6.30. The van der Waals surface area contributed by atoms with E-state index in [9.17, 15) is 9.59 Å². The first-order chi connectivity index (χ1) is 17.5. The predicted molar refractivity (Wildman–Crippen MR) is 146 cm³/mol. The molecule has 7 nitrogen and oxygen atoms in total. The van der Waals surface area contributed by atoms with Crippen molar-refractivity contribution >= 4 is 29.1 Å². The molecule has 3 aromatic rings. The second-order valence-corrected chi connectivity index (χ2v) is 10.1. The second-order valence-electron chi connectivity index (χ2n) is 9.69. The number of nitrogens with one attached hydrogen (secondary N) is 1. The molecular formula is C29H35ClN4O3. The monoisotopic (exact) mass is 522 g/mol. The highest BCUT2D eigenvalue weighted by Crippen LogP contribution is 2.23. The molecule has 2 amide bonds. The molecule has 2 aromatic carbocycles. The van der Waals surface area contributed by atoms with Crippen LogP contribution in [0.2, 0.25) is 5.02 Å². The van der Waals surface area contributed by atoms with Crippen LogP contribution >= 0.6 is 11.6 Å². The molecule has 196 valence electrons. The van der Waals surface area contributed by atoms with E-state index >= 15 is 0 Å². The summed E-state index contributed by atoms with van der Waals surface area (Å²) in [4.78, 5) is 29.6. The van der Waals surface area contributed by atoms with E-state index in [1.54, 1.807) is 11.0 Å². The zero-order valence-corrected chi connectivity index (χ0v) is 21.0. The van der Waals surface area contributed by atoms with Crippen LogP contribution in [-0.2, 0) is 24.2 Å². The maximum Gasteiger partial charge on any atom is 0.273 e. The van der Waals surface area contributed by atoms with Gasteiger partial charge in [-0.05, 0) is 67.7 Å². The van der Waals surface area contributed by atoms with Gasteiger partial charge in [-0.3, -0.25) is 14.5 Å². The SMILES string of the molecule is C.O=C(N[C@@H]1CC(=O)N(c2ccc(CN3CCCCC3)cc2)C1)c1cc(CCc2ccc(Cl)cc2)on1. The van der Waals surface area contributed by atoms with Crippen LogP contribution in [0.4, 0.5) is 5.69 Å². The molecule has 1 N–H and O–H groups in total. The van der Waals surface area contributed by atoms with Crippen molar-refractivity contribution in [2.45, 2.75) is 58.5 Å². The topological polar surface area (TPSA) is 78.7 Å².